The molecule has 0 unspecified atom stereocenters. The summed E-state index contributed by atoms with van der Waals surface area (Å²) in [5, 5.41) is 11.0. The second kappa shape index (κ2) is 9.65. The molecule has 5 heteroatoms. The molecule has 1 atom stereocenters. The molecule has 4 rings (SSSR count). The van der Waals surface area contributed by atoms with Crippen molar-refractivity contribution in [3.63, 3.8) is 0 Å². The molecule has 160 valence electrons. The number of ether oxygens (including phenoxy) is 1. The molecule has 1 saturated heterocycles. The van der Waals surface area contributed by atoms with Gasteiger partial charge in [0.25, 0.3) is 0 Å². The van der Waals surface area contributed by atoms with Gasteiger partial charge in [0.05, 0.1) is 6.61 Å². The molecule has 2 heterocycles. The van der Waals surface area contributed by atoms with Crippen molar-refractivity contribution >= 4 is 10.9 Å². The van der Waals surface area contributed by atoms with E-state index in [2.05, 4.69) is 64.2 Å². The van der Waals surface area contributed by atoms with E-state index in [1.807, 2.05) is 13.0 Å². The predicted octanol–water partition coefficient (Wildman–Crippen LogP) is 3.94. The number of H-pyrrole nitrogens is 1. The van der Waals surface area contributed by atoms with Gasteiger partial charge in [0.1, 0.15) is 5.75 Å². The van der Waals surface area contributed by atoms with Crippen molar-refractivity contribution in [3.8, 4) is 5.75 Å². The maximum absolute atomic E-state index is 9.68. The Morgan fingerprint density at radius 2 is 1.87 bits per heavy atom. The number of aryl methyl sites for hydroxylation is 1. The van der Waals surface area contributed by atoms with Crippen LogP contribution in [-0.2, 0) is 13.1 Å². The number of aromatic amines is 1. The first kappa shape index (κ1) is 20.9. The quantitative estimate of drug-likeness (QED) is 0.594. The fourth-order valence-electron chi connectivity index (χ4n) is 4.60. The lowest BCUT2D eigenvalue weighted by atomic mass is 10.1. The van der Waals surface area contributed by atoms with Crippen molar-refractivity contribution in [1.29, 1.82) is 0 Å². The van der Waals surface area contributed by atoms with E-state index in [0.717, 1.165) is 44.9 Å². The number of fused-ring (bicyclic) bond motifs is 1. The number of hydrogen-bond acceptors (Lipinski definition) is 4. The van der Waals surface area contributed by atoms with Crippen molar-refractivity contribution in [1.82, 2.24) is 14.8 Å². The summed E-state index contributed by atoms with van der Waals surface area (Å²) in [5.41, 5.74) is 5.08. The molecule has 5 nitrogen and oxygen atoms in total. The molecule has 1 aliphatic rings. The van der Waals surface area contributed by atoms with Crippen molar-refractivity contribution in [2.24, 2.45) is 0 Å². The molecule has 0 spiro atoms. The van der Waals surface area contributed by atoms with Gasteiger partial charge in [-0.05, 0) is 38.0 Å². The van der Waals surface area contributed by atoms with Crippen molar-refractivity contribution in [3.05, 3.63) is 65.4 Å². The Kier molecular flexibility index (Phi) is 6.72. The smallest absolute Gasteiger partial charge is 0.123 e. The summed E-state index contributed by atoms with van der Waals surface area (Å²) in [6.07, 6.45) is 0.791. The Labute approximate surface area is 179 Å². The number of benzene rings is 2. The summed E-state index contributed by atoms with van der Waals surface area (Å²) in [7, 11) is 0. The SMILES string of the molecule is CCOc1ccccc1CN1CCN(Cc2[nH]c3ccccc3c2C)C[C@H]1CCO. The van der Waals surface area contributed by atoms with E-state index < -0.39 is 0 Å². The molecule has 30 heavy (non-hydrogen) atoms. The third-order valence-corrected chi connectivity index (χ3v) is 6.25. The van der Waals surface area contributed by atoms with Gasteiger partial charge in [-0.3, -0.25) is 9.80 Å². The van der Waals surface area contributed by atoms with Crippen LogP contribution in [0.2, 0.25) is 0 Å². The molecule has 0 bridgehead atoms. The predicted molar refractivity (Wildman–Crippen MR) is 122 cm³/mol. The van der Waals surface area contributed by atoms with Gasteiger partial charge in [-0.15, -0.1) is 0 Å². The monoisotopic (exact) mass is 407 g/mol. The lowest BCUT2D eigenvalue weighted by Gasteiger charge is -2.41. The first-order chi connectivity index (χ1) is 14.7. The van der Waals surface area contributed by atoms with Crippen LogP contribution in [-0.4, -0.2) is 58.8 Å². The van der Waals surface area contributed by atoms with Crippen LogP contribution in [0.4, 0.5) is 0 Å². The minimum absolute atomic E-state index is 0.216. The lowest BCUT2D eigenvalue weighted by molar-refractivity contribution is 0.0488. The summed E-state index contributed by atoms with van der Waals surface area (Å²) < 4.78 is 5.83. The number of para-hydroxylation sites is 2. The summed E-state index contributed by atoms with van der Waals surface area (Å²) in [6, 6.07) is 17.2. The second-order valence-electron chi connectivity index (χ2n) is 8.19. The number of rotatable bonds is 8. The standard InChI is InChI=1S/C25H33N3O2/c1-3-30-25-11-7-4-8-20(25)16-28-14-13-27(17-21(28)12-15-29)18-24-19(2)22-9-5-6-10-23(22)26-24/h4-11,21,26,29H,3,12-18H2,1-2H3/t21-/m1/s1. The van der Waals surface area contributed by atoms with Crippen LogP contribution in [0.25, 0.3) is 10.9 Å². The molecule has 0 saturated carbocycles. The van der Waals surface area contributed by atoms with Crippen molar-refractivity contribution in [2.45, 2.75) is 39.4 Å². The summed E-state index contributed by atoms with van der Waals surface area (Å²) in [5.74, 6) is 0.971. The number of piperazine rings is 1. The van der Waals surface area contributed by atoms with E-state index in [4.69, 9.17) is 4.74 Å². The highest BCUT2D eigenvalue weighted by atomic mass is 16.5. The first-order valence-electron chi connectivity index (χ1n) is 11.0. The topological polar surface area (TPSA) is 51.7 Å². The highest BCUT2D eigenvalue weighted by Crippen LogP contribution is 2.26. The molecule has 1 aromatic heterocycles. The molecule has 1 aliphatic heterocycles. The number of hydrogen-bond donors (Lipinski definition) is 2. The van der Waals surface area contributed by atoms with Crippen LogP contribution in [0.5, 0.6) is 5.75 Å². The average Bonchev–Trinajstić information content (AvgIpc) is 3.07. The van der Waals surface area contributed by atoms with Crippen LogP contribution >= 0.6 is 0 Å². The van der Waals surface area contributed by atoms with Gasteiger partial charge in [0.15, 0.2) is 0 Å². The minimum atomic E-state index is 0.216. The van der Waals surface area contributed by atoms with Gasteiger partial charge in [-0.2, -0.15) is 0 Å². The minimum Gasteiger partial charge on any atom is -0.494 e. The zero-order chi connectivity index (χ0) is 20.9. The Balaban J connectivity index is 1.46. The normalized spacial score (nSPS) is 18.2. The molecule has 0 amide bonds. The number of aliphatic hydroxyl groups excluding tert-OH is 1. The maximum atomic E-state index is 9.68. The molecule has 3 aromatic rings. The molecule has 2 N–H and O–H groups in total. The van der Waals surface area contributed by atoms with E-state index in [9.17, 15) is 5.11 Å². The van der Waals surface area contributed by atoms with Crippen LogP contribution in [0, 0.1) is 6.92 Å². The number of nitrogens with zero attached hydrogens (tertiary/aromatic N) is 2. The Hall–Kier alpha value is -2.34. The molecular formula is C25H33N3O2. The van der Waals surface area contributed by atoms with E-state index in [1.54, 1.807) is 0 Å². The van der Waals surface area contributed by atoms with Crippen LogP contribution in [0.15, 0.2) is 48.5 Å². The Morgan fingerprint density at radius 3 is 2.67 bits per heavy atom. The van der Waals surface area contributed by atoms with Crippen molar-refractivity contribution < 1.29 is 9.84 Å². The average molecular weight is 408 g/mol. The zero-order valence-corrected chi connectivity index (χ0v) is 18.1. The van der Waals surface area contributed by atoms with Gasteiger partial charge in [0, 0.05) is 67.5 Å². The van der Waals surface area contributed by atoms with Crippen LogP contribution < -0.4 is 4.74 Å². The summed E-state index contributed by atoms with van der Waals surface area (Å²) in [6.45, 7) is 9.88. The zero-order valence-electron chi connectivity index (χ0n) is 18.1. The molecule has 2 aromatic carbocycles. The van der Waals surface area contributed by atoms with Gasteiger partial charge in [-0.25, -0.2) is 0 Å². The lowest BCUT2D eigenvalue weighted by Crippen LogP contribution is -2.52. The van der Waals surface area contributed by atoms with E-state index in [1.165, 1.54) is 27.7 Å². The van der Waals surface area contributed by atoms with Gasteiger partial charge in [0.2, 0.25) is 0 Å². The van der Waals surface area contributed by atoms with E-state index in [-0.39, 0.29) is 6.61 Å². The maximum Gasteiger partial charge on any atom is 0.123 e. The molecule has 1 fully saturated rings. The first-order valence-corrected chi connectivity index (χ1v) is 11.0. The summed E-state index contributed by atoms with van der Waals surface area (Å²) in [4.78, 5) is 8.63. The number of aliphatic hydroxyl groups is 1. The van der Waals surface area contributed by atoms with Gasteiger partial charge in [-0.1, -0.05) is 36.4 Å². The highest BCUT2D eigenvalue weighted by molar-refractivity contribution is 5.84. The third-order valence-electron chi connectivity index (χ3n) is 6.25. The highest BCUT2D eigenvalue weighted by Gasteiger charge is 2.28. The Bertz CT molecular complexity index is 968. The van der Waals surface area contributed by atoms with Gasteiger partial charge < -0.3 is 14.8 Å². The fourth-order valence-corrected chi connectivity index (χ4v) is 4.60. The third kappa shape index (κ3) is 4.53. The van der Waals surface area contributed by atoms with E-state index >= 15 is 0 Å². The Morgan fingerprint density at radius 1 is 1.07 bits per heavy atom. The molecular weight excluding hydrogens is 374 g/mol. The van der Waals surface area contributed by atoms with Crippen LogP contribution in [0.1, 0.15) is 30.2 Å². The van der Waals surface area contributed by atoms with E-state index in [0.29, 0.717) is 12.6 Å². The van der Waals surface area contributed by atoms with Crippen molar-refractivity contribution in [2.75, 3.05) is 32.8 Å². The number of nitrogens with one attached hydrogen (secondary N) is 1. The summed E-state index contributed by atoms with van der Waals surface area (Å²) >= 11 is 0. The van der Waals surface area contributed by atoms with Crippen LogP contribution in [0.3, 0.4) is 0 Å². The fraction of sp³-hybridized carbons (Fsp3) is 0.440. The second-order valence-corrected chi connectivity index (χ2v) is 8.19. The van der Waals surface area contributed by atoms with Gasteiger partial charge >= 0.3 is 0 Å². The molecule has 0 radical (unpaired) electrons. The molecule has 0 aliphatic carbocycles. The largest absolute Gasteiger partial charge is 0.494 e. The number of aromatic nitrogens is 1.